The van der Waals surface area contributed by atoms with Crippen LogP contribution in [0.4, 0.5) is 0 Å². The minimum absolute atomic E-state index is 0.183. The zero-order chi connectivity index (χ0) is 11.4. The minimum atomic E-state index is 0.183. The predicted molar refractivity (Wildman–Crippen MR) is 62.9 cm³/mol. The lowest BCUT2D eigenvalue weighted by Gasteiger charge is -2.04. The summed E-state index contributed by atoms with van der Waals surface area (Å²) in [5.74, 6) is 1.19. The van der Waals surface area contributed by atoms with Crippen LogP contribution in [0.1, 0.15) is 12.5 Å². The van der Waals surface area contributed by atoms with Crippen LogP contribution in [0, 0.1) is 0 Å². The fourth-order valence-electron chi connectivity index (χ4n) is 1.29. The average Bonchev–Trinajstić information content (AvgIpc) is 2.30. The third-order valence-corrected chi connectivity index (χ3v) is 2.34. The van der Waals surface area contributed by atoms with Gasteiger partial charge in [0.1, 0.15) is 5.75 Å². The fraction of sp³-hybridized carbons (Fsp3) is 0.167. The summed E-state index contributed by atoms with van der Waals surface area (Å²) in [5.41, 5.74) is 1.27. The van der Waals surface area contributed by atoms with Gasteiger partial charge in [0.2, 0.25) is 11.2 Å². The van der Waals surface area contributed by atoms with Crippen molar-refractivity contribution >= 4 is 11.6 Å². The Morgan fingerprint density at radius 1 is 1.19 bits per heavy atom. The van der Waals surface area contributed by atoms with Crippen LogP contribution in [0.15, 0.2) is 36.5 Å². The largest absolute Gasteiger partial charge is 0.439 e. The SMILES string of the molecule is CCc1ccc(Oc2ccnc(Cl)n2)cc1. The Kier molecular flexibility index (Phi) is 3.37. The molecule has 0 radical (unpaired) electrons. The molecule has 0 aliphatic heterocycles. The molecule has 1 heterocycles. The van der Waals surface area contributed by atoms with Crippen molar-refractivity contribution < 1.29 is 4.74 Å². The molecule has 0 aliphatic carbocycles. The van der Waals surface area contributed by atoms with Crippen LogP contribution in [0.2, 0.25) is 5.28 Å². The first kappa shape index (κ1) is 10.9. The number of rotatable bonds is 3. The van der Waals surface area contributed by atoms with Gasteiger partial charge in [-0.1, -0.05) is 19.1 Å². The number of aromatic nitrogens is 2. The normalized spacial score (nSPS) is 10.1. The van der Waals surface area contributed by atoms with E-state index in [4.69, 9.17) is 16.3 Å². The second-order valence-electron chi connectivity index (χ2n) is 3.26. The molecule has 0 saturated carbocycles. The van der Waals surface area contributed by atoms with Gasteiger partial charge >= 0.3 is 0 Å². The maximum atomic E-state index is 5.66. The van der Waals surface area contributed by atoms with Crippen LogP contribution < -0.4 is 4.74 Å². The smallest absolute Gasteiger partial charge is 0.225 e. The summed E-state index contributed by atoms with van der Waals surface area (Å²) in [4.78, 5) is 7.73. The summed E-state index contributed by atoms with van der Waals surface area (Å²) in [6, 6.07) is 9.54. The highest BCUT2D eigenvalue weighted by Crippen LogP contribution is 2.20. The second kappa shape index (κ2) is 4.94. The van der Waals surface area contributed by atoms with E-state index in [9.17, 15) is 0 Å². The average molecular weight is 235 g/mol. The van der Waals surface area contributed by atoms with Crippen LogP contribution in [-0.2, 0) is 6.42 Å². The van der Waals surface area contributed by atoms with Gasteiger partial charge in [0.25, 0.3) is 0 Å². The van der Waals surface area contributed by atoms with Crippen molar-refractivity contribution in [2.45, 2.75) is 13.3 Å². The summed E-state index contributed by atoms with van der Waals surface area (Å²) in [6.07, 6.45) is 2.57. The maximum Gasteiger partial charge on any atom is 0.225 e. The van der Waals surface area contributed by atoms with E-state index in [0.717, 1.165) is 12.2 Å². The quantitative estimate of drug-likeness (QED) is 0.763. The van der Waals surface area contributed by atoms with Crippen LogP contribution in [0.3, 0.4) is 0 Å². The summed E-state index contributed by atoms with van der Waals surface area (Å²) in [5, 5.41) is 0.183. The highest BCUT2D eigenvalue weighted by atomic mass is 35.5. The number of halogens is 1. The molecule has 0 N–H and O–H groups in total. The van der Waals surface area contributed by atoms with E-state index in [-0.39, 0.29) is 5.28 Å². The van der Waals surface area contributed by atoms with Crippen molar-refractivity contribution in [3.63, 3.8) is 0 Å². The fourth-order valence-corrected chi connectivity index (χ4v) is 1.43. The lowest BCUT2D eigenvalue weighted by molar-refractivity contribution is 0.461. The summed E-state index contributed by atoms with van der Waals surface area (Å²) in [7, 11) is 0. The molecule has 1 aromatic carbocycles. The van der Waals surface area contributed by atoms with E-state index in [1.165, 1.54) is 5.56 Å². The standard InChI is InChI=1S/C12H11ClN2O/c1-2-9-3-5-10(6-4-9)16-11-7-8-14-12(13)15-11/h3-8H,2H2,1H3. The molecule has 0 amide bonds. The molecular weight excluding hydrogens is 224 g/mol. The molecule has 0 unspecified atom stereocenters. The molecule has 4 heteroatoms. The lowest BCUT2D eigenvalue weighted by atomic mass is 10.2. The molecule has 0 fully saturated rings. The minimum Gasteiger partial charge on any atom is -0.439 e. The first-order chi connectivity index (χ1) is 7.78. The Morgan fingerprint density at radius 2 is 1.94 bits per heavy atom. The van der Waals surface area contributed by atoms with Crippen LogP contribution in [0.5, 0.6) is 11.6 Å². The number of benzene rings is 1. The van der Waals surface area contributed by atoms with Gasteiger partial charge in [-0.3, -0.25) is 0 Å². The molecule has 82 valence electrons. The zero-order valence-corrected chi connectivity index (χ0v) is 9.61. The van der Waals surface area contributed by atoms with Gasteiger partial charge in [-0.15, -0.1) is 0 Å². The van der Waals surface area contributed by atoms with Gasteiger partial charge in [-0.2, -0.15) is 4.98 Å². The Labute approximate surface area is 99.1 Å². The maximum absolute atomic E-state index is 5.66. The van der Waals surface area contributed by atoms with Crippen LogP contribution in [-0.4, -0.2) is 9.97 Å². The Morgan fingerprint density at radius 3 is 2.56 bits per heavy atom. The first-order valence-electron chi connectivity index (χ1n) is 5.03. The molecule has 0 atom stereocenters. The summed E-state index contributed by atoms with van der Waals surface area (Å²) >= 11 is 5.66. The molecular formula is C12H11ClN2O. The zero-order valence-electron chi connectivity index (χ0n) is 8.85. The van der Waals surface area contributed by atoms with Gasteiger partial charge in [0, 0.05) is 12.3 Å². The number of ether oxygens (including phenoxy) is 1. The van der Waals surface area contributed by atoms with Gasteiger partial charge in [-0.25, -0.2) is 4.98 Å². The first-order valence-corrected chi connectivity index (χ1v) is 5.41. The lowest BCUT2D eigenvalue weighted by Crippen LogP contribution is -1.89. The number of hydrogen-bond donors (Lipinski definition) is 0. The van der Waals surface area contributed by atoms with Gasteiger partial charge in [0.05, 0.1) is 0 Å². The van der Waals surface area contributed by atoms with E-state index < -0.39 is 0 Å². The number of hydrogen-bond acceptors (Lipinski definition) is 3. The van der Waals surface area contributed by atoms with E-state index in [1.807, 2.05) is 24.3 Å². The van der Waals surface area contributed by atoms with Crippen molar-refractivity contribution in [2.75, 3.05) is 0 Å². The second-order valence-corrected chi connectivity index (χ2v) is 3.60. The highest BCUT2D eigenvalue weighted by Gasteiger charge is 1.99. The molecule has 2 aromatic rings. The highest BCUT2D eigenvalue weighted by molar-refractivity contribution is 6.28. The molecule has 0 spiro atoms. The monoisotopic (exact) mass is 234 g/mol. The van der Waals surface area contributed by atoms with E-state index in [2.05, 4.69) is 16.9 Å². The van der Waals surface area contributed by atoms with Crippen molar-refractivity contribution in [3.05, 3.63) is 47.4 Å². The van der Waals surface area contributed by atoms with Crippen LogP contribution in [0.25, 0.3) is 0 Å². The topological polar surface area (TPSA) is 35.0 Å². The predicted octanol–water partition coefficient (Wildman–Crippen LogP) is 3.48. The van der Waals surface area contributed by atoms with E-state index in [1.54, 1.807) is 12.3 Å². The number of aryl methyl sites for hydroxylation is 1. The van der Waals surface area contributed by atoms with Crippen molar-refractivity contribution in [1.29, 1.82) is 0 Å². The Bertz CT molecular complexity index is 471. The van der Waals surface area contributed by atoms with E-state index in [0.29, 0.717) is 5.88 Å². The Hall–Kier alpha value is -1.61. The van der Waals surface area contributed by atoms with Gasteiger partial charge in [0.15, 0.2) is 0 Å². The van der Waals surface area contributed by atoms with E-state index >= 15 is 0 Å². The van der Waals surface area contributed by atoms with Gasteiger partial charge < -0.3 is 4.74 Å². The summed E-state index contributed by atoms with van der Waals surface area (Å²) < 4.78 is 5.52. The summed E-state index contributed by atoms with van der Waals surface area (Å²) in [6.45, 7) is 2.11. The molecule has 1 aromatic heterocycles. The molecule has 3 nitrogen and oxygen atoms in total. The van der Waals surface area contributed by atoms with Crippen molar-refractivity contribution in [1.82, 2.24) is 9.97 Å². The molecule has 0 aliphatic rings. The van der Waals surface area contributed by atoms with Crippen molar-refractivity contribution in [3.8, 4) is 11.6 Å². The molecule has 0 bridgehead atoms. The molecule has 0 saturated heterocycles. The van der Waals surface area contributed by atoms with Crippen LogP contribution >= 0.6 is 11.6 Å². The third kappa shape index (κ3) is 2.70. The van der Waals surface area contributed by atoms with Gasteiger partial charge in [-0.05, 0) is 35.7 Å². The van der Waals surface area contributed by atoms with Crippen molar-refractivity contribution in [2.24, 2.45) is 0 Å². The number of nitrogens with zero attached hydrogens (tertiary/aromatic N) is 2. The molecule has 16 heavy (non-hydrogen) atoms. The third-order valence-electron chi connectivity index (χ3n) is 2.15. The molecule has 2 rings (SSSR count). The Balaban J connectivity index is 2.14.